The number of rotatable bonds is 15. The number of benzene rings is 1. The van der Waals surface area contributed by atoms with Crippen LogP contribution in [0.5, 0.6) is 0 Å². The second-order valence-electron chi connectivity index (χ2n) is 19.0. The van der Waals surface area contributed by atoms with Gasteiger partial charge in [-0.1, -0.05) is 63.1 Å². The fraction of sp³-hybridized carbons (Fsp3) is 0.783. The third kappa shape index (κ3) is 13.3. The molecule has 2 aliphatic heterocycles. The molecule has 16 heteroatoms. The van der Waals surface area contributed by atoms with Crippen LogP contribution in [-0.2, 0) is 36.9 Å². The second-order valence-corrected chi connectivity index (χ2v) is 19.0. The minimum Gasteiger partial charge on any atom is -0.459 e. The standard InChI is InChI=1S/C46H77N5O11/c1-11-38-46(8,59)41(56)32(6)49(9)24-28(2)23-45(7,58)42(30(4)39(54)31(5)43(57)61-38)62-44-40(55)37(22-29(3)60-44)50(10)25-33-17-19-34(20-18-33)36-26-51(48-47-36)21-15-13-12-14-16-35(53)27-52/h17-20,26,28-32,37-42,44,52,54-56,58-59H,11-16,21-25,27H2,1-10H3/t28-,29-,30+,31-,32-,37+,38-,39+,40-,41-,42-,44+,45-,46-/m1/s1. The molecule has 0 saturated carbocycles. The highest BCUT2D eigenvalue weighted by Gasteiger charge is 2.50. The number of aromatic nitrogens is 3. The minimum absolute atomic E-state index is 0.122. The summed E-state index contributed by atoms with van der Waals surface area (Å²) in [6, 6.07) is 7.11. The first-order valence-corrected chi connectivity index (χ1v) is 22.6. The topological polar surface area (TPSA) is 220 Å². The van der Waals surface area contributed by atoms with Crippen molar-refractivity contribution in [2.24, 2.45) is 17.8 Å². The predicted octanol–water partition coefficient (Wildman–Crippen LogP) is 3.32. The Kier molecular flexibility index (Phi) is 19.0. The maximum Gasteiger partial charge on any atom is 0.311 e. The van der Waals surface area contributed by atoms with Gasteiger partial charge >= 0.3 is 5.97 Å². The number of carbonyl (C=O) groups excluding carboxylic acids is 2. The molecule has 0 unspecified atom stereocenters. The van der Waals surface area contributed by atoms with Crippen LogP contribution in [0.25, 0.3) is 11.3 Å². The van der Waals surface area contributed by atoms with Gasteiger partial charge in [0.15, 0.2) is 12.1 Å². The second kappa shape index (κ2) is 22.8. The van der Waals surface area contributed by atoms with Crippen molar-refractivity contribution in [1.82, 2.24) is 24.8 Å². The number of carbonyl (C=O) groups is 2. The first-order valence-electron chi connectivity index (χ1n) is 22.6. The third-order valence-corrected chi connectivity index (χ3v) is 13.4. The van der Waals surface area contributed by atoms with E-state index in [1.807, 2.05) is 68.0 Å². The van der Waals surface area contributed by atoms with Crippen molar-refractivity contribution in [1.29, 1.82) is 0 Å². The lowest BCUT2D eigenvalue weighted by Gasteiger charge is -2.47. The van der Waals surface area contributed by atoms with Crippen molar-refractivity contribution in [2.45, 2.75) is 186 Å². The van der Waals surface area contributed by atoms with Gasteiger partial charge in [-0.25, -0.2) is 0 Å². The van der Waals surface area contributed by atoms with Gasteiger partial charge in [0.05, 0.1) is 36.0 Å². The number of likely N-dealkylation sites (N-methyl/N-ethyl adjacent to an activating group) is 2. The van der Waals surface area contributed by atoms with E-state index in [0.29, 0.717) is 25.9 Å². The van der Waals surface area contributed by atoms with E-state index in [0.717, 1.165) is 49.0 Å². The SMILES string of the molecule is CC[C@H]1OC(=O)[C@H](C)[C@@H](O)[C@H](C)[C@@H](O[C@@H]2O[C@H](C)C[C@H](N(C)Cc3ccc(-c4cn(CCCCCCC(=O)CO)nn4)cc3)[C@H]2O)[C@](C)(O)C[C@@H](C)CN(C)[C@H](C)[C@@H](O)[C@]1(C)O. The van der Waals surface area contributed by atoms with E-state index >= 15 is 0 Å². The molecule has 62 heavy (non-hydrogen) atoms. The molecule has 1 aromatic heterocycles. The molecule has 2 aromatic rings. The van der Waals surface area contributed by atoms with Gasteiger partial charge in [0, 0.05) is 49.6 Å². The molecule has 1 aromatic carbocycles. The number of Topliss-reactive ketones (excluding diaryl/α,β-unsaturated/α-hetero) is 1. The minimum atomic E-state index is -1.79. The quantitative estimate of drug-likeness (QED) is 0.112. The number of nitrogens with zero attached hydrogens (tertiary/aromatic N) is 5. The number of unbranched alkanes of at least 4 members (excludes halogenated alkanes) is 3. The van der Waals surface area contributed by atoms with Crippen LogP contribution < -0.4 is 0 Å². The van der Waals surface area contributed by atoms with Crippen LogP contribution in [0.3, 0.4) is 0 Å². The van der Waals surface area contributed by atoms with Gasteiger partial charge in [0.2, 0.25) is 0 Å². The average molecular weight is 876 g/mol. The normalized spacial score (nSPS) is 35.9. The number of aryl methyl sites for hydroxylation is 1. The van der Waals surface area contributed by atoms with Gasteiger partial charge in [0.25, 0.3) is 0 Å². The summed E-state index contributed by atoms with van der Waals surface area (Å²) >= 11 is 0. The van der Waals surface area contributed by atoms with Crippen LogP contribution in [0.15, 0.2) is 30.5 Å². The number of hydrogen-bond donors (Lipinski definition) is 6. The fourth-order valence-corrected chi connectivity index (χ4v) is 9.42. The molecule has 0 spiro atoms. The number of esters is 1. The number of cyclic esters (lactones) is 1. The molecule has 14 atom stereocenters. The Morgan fingerprint density at radius 1 is 1.00 bits per heavy atom. The van der Waals surface area contributed by atoms with Crippen LogP contribution in [0.2, 0.25) is 0 Å². The summed E-state index contributed by atoms with van der Waals surface area (Å²) in [5.74, 6) is -2.98. The lowest BCUT2D eigenvalue weighted by molar-refractivity contribution is -0.300. The Bertz CT molecular complexity index is 1690. The van der Waals surface area contributed by atoms with Gasteiger partial charge in [-0.05, 0) is 92.3 Å². The number of ketones is 1. The molecule has 6 N–H and O–H groups in total. The Morgan fingerprint density at radius 2 is 1.66 bits per heavy atom. The monoisotopic (exact) mass is 876 g/mol. The lowest BCUT2D eigenvalue weighted by atomic mass is 9.78. The molecule has 4 rings (SSSR count). The molecular formula is C46H77N5O11. The zero-order valence-electron chi connectivity index (χ0n) is 38.8. The van der Waals surface area contributed by atoms with E-state index in [-0.39, 0.29) is 36.7 Å². The summed E-state index contributed by atoms with van der Waals surface area (Å²) in [5.41, 5.74) is -0.666. The fourth-order valence-electron chi connectivity index (χ4n) is 9.42. The smallest absolute Gasteiger partial charge is 0.311 e. The highest BCUT2D eigenvalue weighted by molar-refractivity contribution is 5.79. The molecule has 2 aliphatic rings. The summed E-state index contributed by atoms with van der Waals surface area (Å²) < 4.78 is 20.5. The maximum atomic E-state index is 13.6. The first-order chi connectivity index (χ1) is 29.1. The van der Waals surface area contributed by atoms with Gasteiger partial charge < -0.3 is 49.7 Å². The first kappa shape index (κ1) is 51.7. The van der Waals surface area contributed by atoms with E-state index in [1.54, 1.807) is 27.7 Å². The van der Waals surface area contributed by atoms with Crippen molar-refractivity contribution < 1.29 is 54.4 Å². The molecule has 16 nitrogen and oxygen atoms in total. The Balaban J connectivity index is 1.47. The van der Waals surface area contributed by atoms with Crippen molar-refractivity contribution >= 4 is 11.8 Å². The highest BCUT2D eigenvalue weighted by Crippen LogP contribution is 2.37. The summed E-state index contributed by atoms with van der Waals surface area (Å²) in [4.78, 5) is 28.8. The summed E-state index contributed by atoms with van der Waals surface area (Å²) in [6.45, 7) is 15.0. The molecule has 0 aliphatic carbocycles. The number of hydrogen-bond acceptors (Lipinski definition) is 15. The molecule has 2 saturated heterocycles. The van der Waals surface area contributed by atoms with E-state index in [1.165, 1.54) is 13.8 Å². The van der Waals surface area contributed by atoms with Gasteiger partial charge in [0.1, 0.15) is 36.2 Å². The third-order valence-electron chi connectivity index (χ3n) is 13.4. The summed E-state index contributed by atoms with van der Waals surface area (Å²) in [7, 11) is 3.76. The largest absolute Gasteiger partial charge is 0.459 e. The van der Waals surface area contributed by atoms with E-state index in [9.17, 15) is 35.1 Å². The zero-order valence-corrected chi connectivity index (χ0v) is 38.8. The Labute approximate surface area is 368 Å². The highest BCUT2D eigenvalue weighted by atomic mass is 16.7. The van der Waals surface area contributed by atoms with Crippen molar-refractivity contribution in [2.75, 3.05) is 27.2 Å². The summed E-state index contributed by atoms with van der Waals surface area (Å²) in [6.07, 6.45) is -0.576. The number of ether oxygens (including phenoxy) is 3. The van der Waals surface area contributed by atoms with Crippen LogP contribution in [0, 0.1) is 17.8 Å². The van der Waals surface area contributed by atoms with Crippen LogP contribution in [0.4, 0.5) is 0 Å². The summed E-state index contributed by atoms with van der Waals surface area (Å²) in [5, 5.41) is 76.3. The van der Waals surface area contributed by atoms with Crippen LogP contribution >= 0.6 is 0 Å². The number of aliphatic hydroxyl groups is 6. The van der Waals surface area contributed by atoms with E-state index in [4.69, 9.17) is 19.3 Å². The zero-order chi connectivity index (χ0) is 46.1. The molecule has 352 valence electrons. The van der Waals surface area contributed by atoms with Crippen molar-refractivity contribution in [3.05, 3.63) is 36.0 Å². The van der Waals surface area contributed by atoms with E-state index in [2.05, 4.69) is 15.2 Å². The van der Waals surface area contributed by atoms with Crippen LogP contribution in [-0.4, -0.2) is 161 Å². The van der Waals surface area contributed by atoms with Gasteiger partial charge in [-0.3, -0.25) is 19.2 Å². The Morgan fingerprint density at radius 3 is 2.31 bits per heavy atom. The predicted molar refractivity (Wildman–Crippen MR) is 233 cm³/mol. The molecule has 2 fully saturated rings. The van der Waals surface area contributed by atoms with E-state index < -0.39 is 78.5 Å². The average Bonchev–Trinajstić information content (AvgIpc) is 3.70. The maximum absolute atomic E-state index is 13.6. The van der Waals surface area contributed by atoms with Crippen molar-refractivity contribution in [3.8, 4) is 11.3 Å². The van der Waals surface area contributed by atoms with Crippen molar-refractivity contribution in [3.63, 3.8) is 0 Å². The van der Waals surface area contributed by atoms with Gasteiger partial charge in [-0.2, -0.15) is 0 Å². The lowest BCUT2D eigenvalue weighted by Crippen LogP contribution is -2.59. The molecule has 0 amide bonds. The number of aliphatic hydroxyl groups excluding tert-OH is 4. The van der Waals surface area contributed by atoms with Gasteiger partial charge in [-0.15, -0.1) is 5.10 Å². The molecule has 3 heterocycles. The molecule has 0 radical (unpaired) electrons. The van der Waals surface area contributed by atoms with Crippen LogP contribution in [0.1, 0.15) is 112 Å². The molecular weight excluding hydrogens is 799 g/mol. The Hall–Kier alpha value is -2.90. The molecule has 0 bridgehead atoms.